The molecule has 0 atom stereocenters. The summed E-state index contributed by atoms with van der Waals surface area (Å²) in [5.74, 6) is 0. The second kappa shape index (κ2) is 5.83. The van der Waals surface area contributed by atoms with E-state index in [-0.39, 0.29) is 17.6 Å². The third-order valence-electron chi connectivity index (χ3n) is 3.73. The summed E-state index contributed by atoms with van der Waals surface area (Å²) in [5.41, 5.74) is 1.99. The Labute approximate surface area is 120 Å². The molecule has 2 amide bonds. The topological polar surface area (TPSA) is 52.6 Å². The van der Waals surface area contributed by atoms with E-state index in [4.69, 9.17) is 0 Å². The number of piperidine rings is 1. The van der Waals surface area contributed by atoms with E-state index in [2.05, 4.69) is 32.2 Å². The van der Waals surface area contributed by atoms with Gasteiger partial charge >= 0.3 is 6.03 Å². The van der Waals surface area contributed by atoms with Crippen LogP contribution in [-0.4, -0.2) is 35.2 Å². The van der Waals surface area contributed by atoms with E-state index in [1.165, 1.54) is 0 Å². The molecule has 0 bridgehead atoms. The highest BCUT2D eigenvalue weighted by Crippen LogP contribution is 2.29. The maximum absolute atomic E-state index is 12.3. The van der Waals surface area contributed by atoms with Crippen LogP contribution in [0.4, 0.5) is 10.5 Å². The molecule has 0 radical (unpaired) electrons. The summed E-state index contributed by atoms with van der Waals surface area (Å²) >= 11 is 0. The normalized spacial score (nSPS) is 17.1. The molecule has 1 aromatic rings. The van der Waals surface area contributed by atoms with E-state index in [1.807, 2.05) is 18.2 Å². The lowest BCUT2D eigenvalue weighted by Gasteiger charge is -2.30. The maximum Gasteiger partial charge on any atom is 0.321 e. The van der Waals surface area contributed by atoms with Crippen molar-refractivity contribution in [2.75, 3.05) is 18.4 Å². The molecular formula is C16H24N2O2. The predicted molar refractivity (Wildman–Crippen MR) is 81.0 cm³/mol. The van der Waals surface area contributed by atoms with Gasteiger partial charge in [0.05, 0.1) is 6.10 Å². The van der Waals surface area contributed by atoms with E-state index in [9.17, 15) is 9.90 Å². The van der Waals surface area contributed by atoms with Crippen LogP contribution in [0.15, 0.2) is 24.3 Å². The first-order chi connectivity index (χ1) is 9.38. The Bertz CT molecular complexity index is 472. The minimum atomic E-state index is -0.263. The first kappa shape index (κ1) is 14.9. The Hall–Kier alpha value is -1.55. The van der Waals surface area contributed by atoms with Gasteiger partial charge in [0.2, 0.25) is 0 Å². The molecule has 1 saturated heterocycles. The van der Waals surface area contributed by atoms with E-state index in [0.717, 1.165) is 11.3 Å². The van der Waals surface area contributed by atoms with Crippen molar-refractivity contribution in [3.63, 3.8) is 0 Å². The summed E-state index contributed by atoms with van der Waals surface area (Å²) in [6.07, 6.45) is 1.06. The fourth-order valence-corrected chi connectivity index (χ4v) is 2.51. The highest BCUT2D eigenvalue weighted by Gasteiger charge is 2.23. The summed E-state index contributed by atoms with van der Waals surface area (Å²) < 4.78 is 0. The van der Waals surface area contributed by atoms with Crippen molar-refractivity contribution in [2.24, 2.45) is 0 Å². The molecule has 1 heterocycles. The van der Waals surface area contributed by atoms with Crippen molar-refractivity contribution in [1.29, 1.82) is 0 Å². The van der Waals surface area contributed by atoms with Crippen LogP contribution >= 0.6 is 0 Å². The predicted octanol–water partition coefficient (Wildman–Crippen LogP) is 2.97. The zero-order chi connectivity index (χ0) is 14.8. The first-order valence-corrected chi connectivity index (χ1v) is 7.21. The quantitative estimate of drug-likeness (QED) is 0.828. The van der Waals surface area contributed by atoms with Gasteiger partial charge in [-0.1, -0.05) is 39.0 Å². The van der Waals surface area contributed by atoms with Gasteiger partial charge in [0.25, 0.3) is 0 Å². The van der Waals surface area contributed by atoms with Crippen LogP contribution in [-0.2, 0) is 5.41 Å². The van der Waals surface area contributed by atoms with Crippen LogP contribution < -0.4 is 5.32 Å². The van der Waals surface area contributed by atoms with Crippen molar-refractivity contribution in [3.8, 4) is 0 Å². The number of carbonyl (C=O) groups excluding carboxylic acids is 1. The van der Waals surface area contributed by atoms with Gasteiger partial charge in [0.1, 0.15) is 0 Å². The summed E-state index contributed by atoms with van der Waals surface area (Å²) in [4.78, 5) is 14.1. The molecule has 1 aliphatic rings. The molecule has 20 heavy (non-hydrogen) atoms. The van der Waals surface area contributed by atoms with Crippen LogP contribution in [0.1, 0.15) is 39.2 Å². The lowest BCUT2D eigenvalue weighted by atomic mass is 9.86. The molecule has 0 unspecified atom stereocenters. The number of hydrogen-bond acceptors (Lipinski definition) is 2. The molecular weight excluding hydrogens is 252 g/mol. The molecule has 0 aromatic heterocycles. The number of hydrogen-bond donors (Lipinski definition) is 2. The molecule has 0 spiro atoms. The number of rotatable bonds is 1. The third-order valence-corrected chi connectivity index (χ3v) is 3.73. The second-order valence-corrected chi connectivity index (χ2v) is 6.44. The fraction of sp³-hybridized carbons (Fsp3) is 0.562. The van der Waals surface area contributed by atoms with Gasteiger partial charge < -0.3 is 15.3 Å². The summed E-state index contributed by atoms with van der Waals surface area (Å²) in [5, 5.41) is 12.5. The molecule has 0 saturated carbocycles. The Morgan fingerprint density at radius 3 is 2.45 bits per heavy atom. The number of urea groups is 1. The van der Waals surface area contributed by atoms with Crippen LogP contribution in [0.25, 0.3) is 0 Å². The highest BCUT2D eigenvalue weighted by molar-refractivity contribution is 5.90. The van der Waals surface area contributed by atoms with Crippen molar-refractivity contribution >= 4 is 11.7 Å². The summed E-state index contributed by atoms with van der Waals surface area (Å²) in [6, 6.07) is 7.85. The Balaban J connectivity index is 2.08. The summed E-state index contributed by atoms with van der Waals surface area (Å²) in [7, 11) is 0. The van der Waals surface area contributed by atoms with E-state index in [1.54, 1.807) is 4.90 Å². The number of nitrogens with one attached hydrogen (secondary N) is 1. The average Bonchev–Trinajstić information content (AvgIpc) is 2.38. The van der Waals surface area contributed by atoms with Crippen molar-refractivity contribution < 1.29 is 9.90 Å². The molecule has 1 aliphatic heterocycles. The standard InChI is InChI=1S/C16H24N2O2/c1-16(2,3)13-6-4-5-7-14(13)17-15(20)18-10-8-12(19)9-11-18/h4-7,12,19H,8-11H2,1-3H3,(H,17,20). The Morgan fingerprint density at radius 1 is 1.25 bits per heavy atom. The molecule has 4 nitrogen and oxygen atoms in total. The van der Waals surface area contributed by atoms with Crippen molar-refractivity contribution in [1.82, 2.24) is 4.90 Å². The SMILES string of the molecule is CC(C)(C)c1ccccc1NC(=O)N1CCC(O)CC1. The fourth-order valence-electron chi connectivity index (χ4n) is 2.51. The number of amides is 2. The van der Waals surface area contributed by atoms with Crippen LogP contribution in [0.5, 0.6) is 0 Å². The smallest absolute Gasteiger partial charge is 0.321 e. The van der Waals surface area contributed by atoms with Crippen molar-refractivity contribution in [3.05, 3.63) is 29.8 Å². The van der Waals surface area contributed by atoms with Crippen LogP contribution in [0.2, 0.25) is 0 Å². The lowest BCUT2D eigenvalue weighted by molar-refractivity contribution is 0.0972. The minimum absolute atomic E-state index is 0.0119. The maximum atomic E-state index is 12.3. The van der Waals surface area contributed by atoms with Gasteiger partial charge in [-0.15, -0.1) is 0 Å². The number of likely N-dealkylation sites (tertiary alicyclic amines) is 1. The first-order valence-electron chi connectivity index (χ1n) is 7.21. The third kappa shape index (κ3) is 3.51. The molecule has 1 aromatic carbocycles. The van der Waals surface area contributed by atoms with Gasteiger partial charge in [-0.2, -0.15) is 0 Å². The number of carbonyl (C=O) groups is 1. The lowest BCUT2D eigenvalue weighted by Crippen LogP contribution is -2.42. The molecule has 0 aliphatic carbocycles. The number of para-hydroxylation sites is 1. The van der Waals surface area contributed by atoms with E-state index < -0.39 is 0 Å². The average molecular weight is 276 g/mol. The zero-order valence-corrected chi connectivity index (χ0v) is 12.5. The largest absolute Gasteiger partial charge is 0.393 e. The van der Waals surface area contributed by atoms with Crippen LogP contribution in [0, 0.1) is 0 Å². The second-order valence-electron chi connectivity index (χ2n) is 6.44. The molecule has 1 fully saturated rings. The molecule has 4 heteroatoms. The minimum Gasteiger partial charge on any atom is -0.393 e. The van der Waals surface area contributed by atoms with Gasteiger partial charge in [-0.3, -0.25) is 0 Å². The number of anilines is 1. The van der Waals surface area contributed by atoms with Crippen molar-refractivity contribution in [2.45, 2.75) is 45.1 Å². The molecule has 110 valence electrons. The highest BCUT2D eigenvalue weighted by atomic mass is 16.3. The Morgan fingerprint density at radius 2 is 1.85 bits per heavy atom. The number of nitrogens with zero attached hydrogens (tertiary/aromatic N) is 1. The zero-order valence-electron chi connectivity index (χ0n) is 12.5. The number of aliphatic hydroxyl groups is 1. The van der Waals surface area contributed by atoms with Gasteiger partial charge in [-0.05, 0) is 29.9 Å². The molecule has 2 N–H and O–H groups in total. The van der Waals surface area contributed by atoms with Gasteiger partial charge in [-0.25, -0.2) is 4.79 Å². The van der Waals surface area contributed by atoms with Gasteiger partial charge in [0.15, 0.2) is 0 Å². The van der Waals surface area contributed by atoms with Crippen LogP contribution in [0.3, 0.4) is 0 Å². The van der Waals surface area contributed by atoms with Gasteiger partial charge in [0, 0.05) is 18.8 Å². The Kier molecular flexibility index (Phi) is 4.33. The number of aliphatic hydroxyl groups excluding tert-OH is 1. The summed E-state index contributed by atoms with van der Waals surface area (Å²) in [6.45, 7) is 7.63. The monoisotopic (exact) mass is 276 g/mol. The number of benzene rings is 1. The molecule has 2 rings (SSSR count). The van der Waals surface area contributed by atoms with E-state index in [0.29, 0.717) is 25.9 Å². The van der Waals surface area contributed by atoms with E-state index >= 15 is 0 Å².